The van der Waals surface area contributed by atoms with Crippen molar-refractivity contribution in [1.29, 1.82) is 0 Å². The second-order valence-corrected chi connectivity index (χ2v) is 8.71. The normalized spacial score (nSPS) is 11.1. The minimum Gasteiger partial charge on any atom is -0.322 e. The molecule has 0 unspecified atom stereocenters. The summed E-state index contributed by atoms with van der Waals surface area (Å²) in [6.07, 6.45) is 0. The van der Waals surface area contributed by atoms with Gasteiger partial charge in [0.1, 0.15) is 0 Å². The fourth-order valence-corrected chi connectivity index (χ4v) is 3.32. The molecule has 5 heteroatoms. The Morgan fingerprint density at radius 1 is 0.800 bits per heavy atom. The third-order valence-corrected chi connectivity index (χ3v) is 5.07. The van der Waals surface area contributed by atoms with Gasteiger partial charge in [-0.1, -0.05) is 56.6 Å². The number of aryl methyl sites for hydroxylation is 1. The van der Waals surface area contributed by atoms with Crippen molar-refractivity contribution in [3.63, 3.8) is 0 Å². The van der Waals surface area contributed by atoms with Crippen molar-refractivity contribution < 1.29 is 9.59 Å². The van der Waals surface area contributed by atoms with Crippen molar-refractivity contribution in [2.24, 2.45) is 0 Å². The second-order valence-electron chi connectivity index (χ2n) is 8.30. The summed E-state index contributed by atoms with van der Waals surface area (Å²) >= 11 is 6.18. The standard InChI is InChI=1S/C25H25ClN2O2/c1-16-8-13-21(22(26)14-16)24(30)28-20-7-5-6-19(15-20)27-23(29)17-9-11-18(12-10-17)25(2,3)4/h5-15H,1-4H3,(H,27,29)(H,28,30). The third-order valence-electron chi connectivity index (χ3n) is 4.76. The van der Waals surface area contributed by atoms with Crippen molar-refractivity contribution in [3.05, 3.63) is 94.0 Å². The number of rotatable bonds is 4. The van der Waals surface area contributed by atoms with Crippen molar-refractivity contribution in [2.75, 3.05) is 10.6 Å². The van der Waals surface area contributed by atoms with Crippen molar-refractivity contribution >= 4 is 34.8 Å². The summed E-state index contributed by atoms with van der Waals surface area (Å²) in [7, 11) is 0. The van der Waals surface area contributed by atoms with Gasteiger partial charge >= 0.3 is 0 Å². The van der Waals surface area contributed by atoms with E-state index in [2.05, 4.69) is 31.4 Å². The lowest BCUT2D eigenvalue weighted by Crippen LogP contribution is -2.15. The molecule has 0 aliphatic carbocycles. The molecule has 3 aromatic carbocycles. The van der Waals surface area contributed by atoms with Crippen LogP contribution in [0.25, 0.3) is 0 Å². The first kappa shape index (κ1) is 21.6. The fraction of sp³-hybridized carbons (Fsp3) is 0.200. The topological polar surface area (TPSA) is 58.2 Å². The molecule has 2 amide bonds. The van der Waals surface area contributed by atoms with Crippen molar-refractivity contribution in [3.8, 4) is 0 Å². The van der Waals surface area contributed by atoms with Crippen LogP contribution in [0.3, 0.4) is 0 Å². The second kappa shape index (κ2) is 8.72. The molecule has 0 saturated heterocycles. The molecular formula is C25H25ClN2O2. The maximum atomic E-state index is 12.6. The zero-order valence-electron chi connectivity index (χ0n) is 17.5. The number of nitrogens with one attached hydrogen (secondary N) is 2. The van der Waals surface area contributed by atoms with Crippen LogP contribution in [-0.2, 0) is 5.41 Å². The van der Waals surface area contributed by atoms with Crippen LogP contribution in [-0.4, -0.2) is 11.8 Å². The number of amides is 2. The Labute approximate surface area is 182 Å². The molecule has 0 aromatic heterocycles. The highest BCUT2D eigenvalue weighted by molar-refractivity contribution is 6.34. The molecule has 154 valence electrons. The Kier molecular flexibility index (Phi) is 6.28. The van der Waals surface area contributed by atoms with E-state index in [-0.39, 0.29) is 17.2 Å². The molecule has 0 bridgehead atoms. The smallest absolute Gasteiger partial charge is 0.257 e. The van der Waals surface area contributed by atoms with Crippen molar-refractivity contribution in [2.45, 2.75) is 33.1 Å². The number of halogens is 1. The first-order valence-corrected chi connectivity index (χ1v) is 10.1. The van der Waals surface area contributed by atoms with Crippen LogP contribution in [0.1, 0.15) is 52.6 Å². The van der Waals surface area contributed by atoms with Gasteiger partial charge in [0.15, 0.2) is 0 Å². The highest BCUT2D eigenvalue weighted by Gasteiger charge is 2.15. The number of carbonyl (C=O) groups excluding carboxylic acids is 2. The van der Waals surface area contributed by atoms with Gasteiger partial charge in [-0.2, -0.15) is 0 Å². The van der Waals surface area contributed by atoms with E-state index in [1.165, 1.54) is 5.56 Å². The van der Waals surface area contributed by atoms with Gasteiger partial charge in [-0.25, -0.2) is 0 Å². The number of hydrogen-bond donors (Lipinski definition) is 2. The Balaban J connectivity index is 1.70. The first-order chi connectivity index (χ1) is 14.1. The molecule has 2 N–H and O–H groups in total. The van der Waals surface area contributed by atoms with Gasteiger partial charge in [0, 0.05) is 16.9 Å². The minimum atomic E-state index is -0.304. The number of benzene rings is 3. The largest absolute Gasteiger partial charge is 0.322 e. The fourth-order valence-electron chi connectivity index (χ4n) is 3.00. The summed E-state index contributed by atoms with van der Waals surface area (Å²) in [4.78, 5) is 25.1. The van der Waals surface area contributed by atoms with E-state index >= 15 is 0 Å². The van der Waals surface area contributed by atoms with Crippen LogP contribution < -0.4 is 10.6 Å². The molecule has 0 aliphatic heterocycles. The molecule has 0 fully saturated rings. The highest BCUT2D eigenvalue weighted by atomic mass is 35.5. The van der Waals surface area contributed by atoms with Crippen molar-refractivity contribution in [1.82, 2.24) is 0 Å². The van der Waals surface area contributed by atoms with E-state index in [1.54, 1.807) is 36.4 Å². The summed E-state index contributed by atoms with van der Waals surface area (Å²) in [5.41, 5.74) is 4.31. The molecule has 0 aliphatic rings. The van der Waals surface area contributed by atoms with Gasteiger partial charge in [0.2, 0.25) is 0 Å². The molecule has 0 saturated carbocycles. The molecule has 0 heterocycles. The maximum absolute atomic E-state index is 12.6. The van der Waals surface area contributed by atoms with E-state index in [0.717, 1.165) is 5.56 Å². The molecular weight excluding hydrogens is 396 g/mol. The number of carbonyl (C=O) groups is 2. The molecule has 30 heavy (non-hydrogen) atoms. The average molecular weight is 421 g/mol. The summed E-state index contributed by atoms with van der Waals surface area (Å²) < 4.78 is 0. The maximum Gasteiger partial charge on any atom is 0.257 e. The Morgan fingerprint density at radius 2 is 1.40 bits per heavy atom. The quantitative estimate of drug-likeness (QED) is 0.509. The van der Waals surface area contributed by atoms with Gasteiger partial charge in [-0.05, 0) is 65.9 Å². The SMILES string of the molecule is Cc1ccc(C(=O)Nc2cccc(NC(=O)c3ccc(C(C)(C)C)cc3)c2)c(Cl)c1. The molecule has 3 rings (SSSR count). The van der Waals surface area contributed by atoms with E-state index in [1.807, 2.05) is 37.3 Å². The number of hydrogen-bond acceptors (Lipinski definition) is 2. The van der Waals surface area contributed by atoms with Crippen LogP contribution in [0, 0.1) is 6.92 Å². The van der Waals surface area contributed by atoms with Crippen LogP contribution in [0.4, 0.5) is 11.4 Å². The zero-order chi connectivity index (χ0) is 21.9. The van der Waals surface area contributed by atoms with Gasteiger partial charge in [-0.3, -0.25) is 9.59 Å². The zero-order valence-corrected chi connectivity index (χ0v) is 18.3. The van der Waals surface area contributed by atoms with E-state index < -0.39 is 0 Å². The monoisotopic (exact) mass is 420 g/mol. The Hall–Kier alpha value is -3.11. The van der Waals surface area contributed by atoms with Gasteiger partial charge in [0.25, 0.3) is 11.8 Å². The van der Waals surface area contributed by atoms with Gasteiger partial charge in [-0.15, -0.1) is 0 Å². The summed E-state index contributed by atoms with van der Waals surface area (Å²) in [6.45, 7) is 8.30. The number of anilines is 2. The van der Waals surface area contributed by atoms with Crippen LogP contribution in [0.15, 0.2) is 66.7 Å². The van der Waals surface area contributed by atoms with E-state index in [0.29, 0.717) is 27.5 Å². The molecule has 4 nitrogen and oxygen atoms in total. The predicted molar refractivity (Wildman–Crippen MR) is 124 cm³/mol. The first-order valence-electron chi connectivity index (χ1n) is 9.73. The third kappa shape index (κ3) is 5.28. The van der Waals surface area contributed by atoms with Crippen LogP contribution in [0.2, 0.25) is 5.02 Å². The van der Waals surface area contributed by atoms with Gasteiger partial charge in [0.05, 0.1) is 10.6 Å². The highest BCUT2D eigenvalue weighted by Crippen LogP contribution is 2.23. The Morgan fingerprint density at radius 3 is 1.97 bits per heavy atom. The molecule has 0 radical (unpaired) electrons. The lowest BCUT2D eigenvalue weighted by molar-refractivity contribution is 0.101. The molecule has 0 atom stereocenters. The van der Waals surface area contributed by atoms with Gasteiger partial charge < -0.3 is 10.6 Å². The lowest BCUT2D eigenvalue weighted by Gasteiger charge is -2.19. The Bertz CT molecular complexity index is 1080. The van der Waals surface area contributed by atoms with Crippen LogP contribution >= 0.6 is 11.6 Å². The predicted octanol–water partition coefficient (Wildman–Crippen LogP) is 6.45. The van der Waals surface area contributed by atoms with E-state index in [9.17, 15) is 9.59 Å². The summed E-state index contributed by atoms with van der Waals surface area (Å²) in [5.74, 6) is -0.512. The summed E-state index contributed by atoms with van der Waals surface area (Å²) in [5, 5.41) is 6.09. The van der Waals surface area contributed by atoms with Crippen LogP contribution in [0.5, 0.6) is 0 Å². The summed E-state index contributed by atoms with van der Waals surface area (Å²) in [6, 6.07) is 19.9. The molecule has 0 spiro atoms. The lowest BCUT2D eigenvalue weighted by atomic mass is 9.87. The molecule has 3 aromatic rings. The average Bonchev–Trinajstić information content (AvgIpc) is 2.67. The van der Waals surface area contributed by atoms with E-state index in [4.69, 9.17) is 11.6 Å². The minimum absolute atomic E-state index is 0.0297.